The van der Waals surface area contributed by atoms with Gasteiger partial charge in [-0.1, -0.05) is 6.07 Å². The third kappa shape index (κ3) is 3.98. The van der Waals surface area contributed by atoms with E-state index in [4.69, 9.17) is 9.47 Å². The van der Waals surface area contributed by atoms with Crippen molar-refractivity contribution in [2.45, 2.75) is 0 Å². The fraction of sp³-hybridized carbons (Fsp3) is 0.0500. The highest BCUT2D eigenvalue weighted by atomic mass is 19.2. The number of rotatable bonds is 4. The average Bonchev–Trinajstić information content (AvgIpc) is 3.18. The fourth-order valence-corrected chi connectivity index (χ4v) is 2.63. The van der Waals surface area contributed by atoms with Crippen LogP contribution in [0.25, 0.3) is 0 Å². The van der Waals surface area contributed by atoms with E-state index >= 15 is 0 Å². The van der Waals surface area contributed by atoms with Gasteiger partial charge in [0.1, 0.15) is 11.4 Å². The Labute approximate surface area is 163 Å². The second kappa shape index (κ2) is 7.55. The summed E-state index contributed by atoms with van der Waals surface area (Å²) in [5, 5.41) is 5.06. The van der Waals surface area contributed by atoms with Crippen molar-refractivity contribution in [2.75, 3.05) is 17.4 Å². The maximum atomic E-state index is 13.3. The van der Waals surface area contributed by atoms with Gasteiger partial charge in [0, 0.05) is 23.5 Å². The Balaban J connectivity index is 1.48. The second-order valence-corrected chi connectivity index (χ2v) is 6.01. The quantitative estimate of drug-likeness (QED) is 0.702. The number of nitrogens with one attached hydrogen (secondary N) is 2. The monoisotopic (exact) mass is 397 g/mol. The lowest BCUT2D eigenvalue weighted by molar-refractivity contribution is 0.101. The summed E-state index contributed by atoms with van der Waals surface area (Å²) in [7, 11) is 0. The Morgan fingerprint density at radius 3 is 2.10 bits per heavy atom. The van der Waals surface area contributed by atoms with Crippen LogP contribution in [0.1, 0.15) is 21.0 Å². The van der Waals surface area contributed by atoms with Crippen molar-refractivity contribution in [1.29, 1.82) is 0 Å². The van der Waals surface area contributed by atoms with Gasteiger partial charge in [-0.2, -0.15) is 0 Å². The van der Waals surface area contributed by atoms with Gasteiger partial charge in [0.25, 0.3) is 11.8 Å². The Bertz CT molecular complexity index is 1120. The molecule has 2 heterocycles. The summed E-state index contributed by atoms with van der Waals surface area (Å²) in [6, 6.07) is 12.2. The molecule has 0 aliphatic carbocycles. The molecule has 0 fully saturated rings. The minimum atomic E-state index is -1.09. The summed E-state index contributed by atoms with van der Waals surface area (Å²) in [5.74, 6) is -2.23. The molecule has 0 saturated carbocycles. The molecule has 0 bridgehead atoms. The third-order valence-corrected chi connectivity index (χ3v) is 4.02. The number of hydrogen-bond acceptors (Lipinski definition) is 5. The zero-order chi connectivity index (χ0) is 20.4. The fourth-order valence-electron chi connectivity index (χ4n) is 2.63. The van der Waals surface area contributed by atoms with E-state index in [2.05, 4.69) is 15.6 Å². The number of carbonyl (C=O) groups excluding carboxylic acids is 2. The van der Waals surface area contributed by atoms with Gasteiger partial charge >= 0.3 is 0 Å². The van der Waals surface area contributed by atoms with Crippen molar-refractivity contribution >= 4 is 23.2 Å². The van der Waals surface area contributed by atoms with E-state index in [9.17, 15) is 18.4 Å². The van der Waals surface area contributed by atoms with Gasteiger partial charge in [-0.15, -0.1) is 0 Å². The lowest BCUT2D eigenvalue weighted by Gasteiger charge is -2.08. The maximum absolute atomic E-state index is 13.3. The largest absolute Gasteiger partial charge is 0.454 e. The Morgan fingerprint density at radius 2 is 1.41 bits per heavy atom. The first kappa shape index (κ1) is 18.4. The van der Waals surface area contributed by atoms with E-state index in [1.807, 2.05) is 0 Å². The normalized spacial score (nSPS) is 11.8. The summed E-state index contributed by atoms with van der Waals surface area (Å²) in [6.45, 7) is 0.114. The van der Waals surface area contributed by atoms with E-state index in [1.165, 1.54) is 24.3 Å². The SMILES string of the molecule is O=C(Nc1ccc(F)c(F)c1)c1cccc(C(=O)Nc2ccc3c(c2)OCO3)n1. The number of aromatic nitrogens is 1. The van der Waals surface area contributed by atoms with Crippen LogP contribution < -0.4 is 20.1 Å². The number of hydrogen-bond donors (Lipinski definition) is 2. The summed E-state index contributed by atoms with van der Waals surface area (Å²) < 4.78 is 36.7. The number of carbonyl (C=O) groups is 2. The van der Waals surface area contributed by atoms with Gasteiger partial charge in [0.2, 0.25) is 6.79 Å². The van der Waals surface area contributed by atoms with Crippen molar-refractivity contribution < 1.29 is 27.8 Å². The van der Waals surface area contributed by atoms with Gasteiger partial charge < -0.3 is 20.1 Å². The van der Waals surface area contributed by atoms with Crippen LogP contribution in [-0.4, -0.2) is 23.6 Å². The molecule has 3 aromatic rings. The molecule has 0 unspecified atom stereocenters. The highest BCUT2D eigenvalue weighted by molar-refractivity contribution is 6.06. The maximum Gasteiger partial charge on any atom is 0.274 e. The van der Waals surface area contributed by atoms with E-state index in [0.29, 0.717) is 17.2 Å². The van der Waals surface area contributed by atoms with E-state index < -0.39 is 23.4 Å². The predicted octanol–water partition coefficient (Wildman–Crippen LogP) is 3.59. The number of pyridine rings is 1. The zero-order valence-corrected chi connectivity index (χ0v) is 14.7. The van der Waals surface area contributed by atoms with Crippen LogP contribution in [0.4, 0.5) is 20.2 Å². The molecule has 2 amide bonds. The standard InChI is InChI=1S/C20H13F2N3O4/c21-13-6-4-11(8-14(13)22)23-19(26)15-2-1-3-16(25-15)20(27)24-12-5-7-17-18(9-12)29-10-28-17/h1-9H,10H2,(H,23,26)(H,24,27). The highest BCUT2D eigenvalue weighted by Crippen LogP contribution is 2.34. The van der Waals surface area contributed by atoms with Gasteiger partial charge in [0.05, 0.1) is 0 Å². The van der Waals surface area contributed by atoms with Crippen LogP contribution in [-0.2, 0) is 0 Å². The first-order valence-corrected chi connectivity index (χ1v) is 8.44. The molecule has 9 heteroatoms. The van der Waals surface area contributed by atoms with E-state index in [1.54, 1.807) is 18.2 Å². The molecule has 4 rings (SSSR count). The molecule has 146 valence electrons. The summed E-state index contributed by atoms with van der Waals surface area (Å²) >= 11 is 0. The number of anilines is 2. The average molecular weight is 397 g/mol. The van der Waals surface area contributed by atoms with Crippen molar-refractivity contribution in [3.8, 4) is 11.5 Å². The van der Waals surface area contributed by atoms with Crippen molar-refractivity contribution in [2.24, 2.45) is 0 Å². The minimum Gasteiger partial charge on any atom is -0.454 e. The van der Waals surface area contributed by atoms with Crippen LogP contribution >= 0.6 is 0 Å². The van der Waals surface area contributed by atoms with Crippen LogP contribution in [0.3, 0.4) is 0 Å². The van der Waals surface area contributed by atoms with Gasteiger partial charge in [-0.25, -0.2) is 13.8 Å². The molecular formula is C20H13F2N3O4. The molecule has 2 N–H and O–H groups in total. The third-order valence-electron chi connectivity index (χ3n) is 4.02. The smallest absolute Gasteiger partial charge is 0.274 e. The predicted molar refractivity (Wildman–Crippen MR) is 99.1 cm³/mol. The molecule has 1 aliphatic heterocycles. The second-order valence-electron chi connectivity index (χ2n) is 6.01. The van der Waals surface area contributed by atoms with Crippen LogP contribution in [0.2, 0.25) is 0 Å². The molecule has 1 aromatic heterocycles. The molecule has 1 aliphatic rings. The van der Waals surface area contributed by atoms with Crippen LogP contribution in [0, 0.1) is 11.6 Å². The number of benzene rings is 2. The lowest BCUT2D eigenvalue weighted by atomic mass is 10.2. The van der Waals surface area contributed by atoms with E-state index in [-0.39, 0.29) is 23.9 Å². The lowest BCUT2D eigenvalue weighted by Crippen LogP contribution is -2.18. The minimum absolute atomic E-state index is 0.000559. The molecule has 29 heavy (non-hydrogen) atoms. The number of fused-ring (bicyclic) bond motifs is 1. The number of amides is 2. The number of ether oxygens (including phenoxy) is 2. The first-order chi connectivity index (χ1) is 14.0. The van der Waals surface area contributed by atoms with E-state index in [0.717, 1.165) is 12.1 Å². The Hall–Kier alpha value is -4.01. The Morgan fingerprint density at radius 1 is 0.793 bits per heavy atom. The van der Waals surface area contributed by atoms with Crippen molar-refractivity contribution in [3.05, 3.63) is 77.6 Å². The van der Waals surface area contributed by atoms with Gasteiger partial charge in [-0.05, 0) is 36.4 Å². The van der Waals surface area contributed by atoms with Crippen LogP contribution in [0.15, 0.2) is 54.6 Å². The summed E-state index contributed by atoms with van der Waals surface area (Å²) in [5.41, 5.74) is 0.470. The van der Waals surface area contributed by atoms with Crippen molar-refractivity contribution in [3.63, 3.8) is 0 Å². The molecule has 0 atom stereocenters. The number of halogens is 2. The topological polar surface area (TPSA) is 89.6 Å². The Kier molecular flexibility index (Phi) is 4.78. The highest BCUT2D eigenvalue weighted by Gasteiger charge is 2.16. The van der Waals surface area contributed by atoms with Gasteiger partial charge in [-0.3, -0.25) is 9.59 Å². The molecule has 0 radical (unpaired) electrons. The van der Waals surface area contributed by atoms with Gasteiger partial charge in [0.15, 0.2) is 23.1 Å². The zero-order valence-electron chi connectivity index (χ0n) is 14.7. The molecule has 7 nitrogen and oxygen atoms in total. The van der Waals surface area contributed by atoms with Crippen LogP contribution in [0.5, 0.6) is 11.5 Å². The first-order valence-electron chi connectivity index (χ1n) is 8.44. The summed E-state index contributed by atoms with van der Waals surface area (Å²) in [4.78, 5) is 28.8. The summed E-state index contributed by atoms with van der Waals surface area (Å²) in [6.07, 6.45) is 0. The van der Waals surface area contributed by atoms with Crippen molar-refractivity contribution in [1.82, 2.24) is 4.98 Å². The number of nitrogens with zero attached hydrogens (tertiary/aromatic N) is 1. The molecular weight excluding hydrogens is 384 g/mol. The molecule has 0 spiro atoms. The molecule has 0 saturated heterocycles. The molecule has 2 aromatic carbocycles.